The highest BCUT2D eigenvalue weighted by Crippen LogP contribution is 2.23. The first-order valence-electron chi connectivity index (χ1n) is 9.63. The quantitative estimate of drug-likeness (QED) is 0.590. The Morgan fingerprint density at radius 2 is 2.19 bits per heavy atom. The van der Waals surface area contributed by atoms with Gasteiger partial charge in [-0.1, -0.05) is 31.5 Å². The Hall–Kier alpha value is -2.15. The summed E-state index contributed by atoms with van der Waals surface area (Å²) >= 11 is 0. The first-order valence-corrected chi connectivity index (χ1v) is 11.0. The van der Waals surface area contributed by atoms with Crippen molar-refractivity contribution in [1.29, 1.82) is 0 Å². The van der Waals surface area contributed by atoms with E-state index in [0.29, 0.717) is 17.8 Å². The predicted molar refractivity (Wildman–Crippen MR) is 112 cm³/mol. The molecule has 2 N–H and O–H groups in total. The molecule has 1 saturated carbocycles. The van der Waals surface area contributed by atoms with Gasteiger partial charge in [0.2, 0.25) is 0 Å². The number of guanidine groups is 1. The van der Waals surface area contributed by atoms with E-state index in [1.165, 1.54) is 0 Å². The van der Waals surface area contributed by atoms with Gasteiger partial charge in [0.05, 0.1) is 5.69 Å². The minimum atomic E-state index is -0.715. The molecule has 0 radical (unpaired) electrons. The Morgan fingerprint density at radius 1 is 1.33 bits per heavy atom. The average molecular weight is 388 g/mol. The minimum Gasteiger partial charge on any atom is -0.354 e. The molecule has 0 saturated heterocycles. The number of nitrogens with zero attached hydrogens (tertiary/aromatic N) is 3. The Morgan fingerprint density at radius 3 is 2.93 bits per heavy atom. The number of rotatable bonds is 6. The van der Waals surface area contributed by atoms with Crippen LogP contribution in [0.1, 0.15) is 38.2 Å². The summed E-state index contributed by atoms with van der Waals surface area (Å²) in [4.78, 5) is 4.38. The van der Waals surface area contributed by atoms with Crippen molar-refractivity contribution < 1.29 is 4.21 Å². The highest BCUT2D eigenvalue weighted by atomic mass is 32.2. The second-order valence-corrected chi connectivity index (χ2v) is 8.81. The number of hydrogen-bond donors (Lipinski definition) is 2. The molecule has 146 valence electrons. The molecule has 27 heavy (non-hydrogen) atoms. The van der Waals surface area contributed by atoms with Gasteiger partial charge < -0.3 is 10.6 Å². The van der Waals surface area contributed by atoms with Crippen molar-refractivity contribution in [2.24, 2.45) is 4.99 Å². The van der Waals surface area contributed by atoms with Gasteiger partial charge in [0.15, 0.2) is 5.96 Å². The molecule has 3 unspecified atom stereocenters. The number of aliphatic imine (C=N–C) groups is 1. The largest absolute Gasteiger partial charge is 0.354 e. The van der Waals surface area contributed by atoms with Gasteiger partial charge in [0.1, 0.15) is 0 Å². The Labute approximate surface area is 163 Å². The molecule has 1 aliphatic carbocycles. The Bertz CT molecular complexity index is 774. The monoisotopic (exact) mass is 387 g/mol. The first-order chi connectivity index (χ1) is 13.2. The van der Waals surface area contributed by atoms with Crippen molar-refractivity contribution in [2.45, 2.75) is 50.4 Å². The van der Waals surface area contributed by atoms with Crippen LogP contribution in [-0.2, 0) is 17.3 Å². The van der Waals surface area contributed by atoms with E-state index >= 15 is 0 Å². The second-order valence-electron chi connectivity index (χ2n) is 6.80. The highest BCUT2D eigenvalue weighted by Gasteiger charge is 2.26. The lowest BCUT2D eigenvalue weighted by Gasteiger charge is -2.30. The standard InChI is InChI=1S/C20H29N5OS/c1-3-27(26)18-10-6-9-17(14-18)24-20(21-2)22-15-16-8-4-5-11-19(16)25-13-7-12-23-25/h4-5,7-8,11-13,17-18H,3,6,9-10,14-15H2,1-2H3,(H2,21,22,24). The van der Waals surface area contributed by atoms with E-state index in [1.807, 2.05) is 36.0 Å². The van der Waals surface area contributed by atoms with E-state index < -0.39 is 10.8 Å². The summed E-state index contributed by atoms with van der Waals surface area (Å²) in [5, 5.41) is 11.6. The maximum atomic E-state index is 12.2. The molecule has 6 nitrogen and oxygen atoms in total. The Kier molecular flexibility index (Phi) is 7.04. The number of benzene rings is 1. The zero-order valence-electron chi connectivity index (χ0n) is 16.1. The Balaban J connectivity index is 1.60. The number of aromatic nitrogens is 2. The van der Waals surface area contributed by atoms with Gasteiger partial charge in [-0.25, -0.2) is 4.68 Å². The van der Waals surface area contributed by atoms with Gasteiger partial charge in [-0.15, -0.1) is 0 Å². The van der Waals surface area contributed by atoms with Crippen LogP contribution in [0.25, 0.3) is 5.69 Å². The molecule has 1 aromatic heterocycles. The molecule has 2 aromatic rings. The molecular formula is C20H29N5OS. The molecule has 3 atom stereocenters. The van der Waals surface area contributed by atoms with Crippen molar-refractivity contribution in [1.82, 2.24) is 20.4 Å². The van der Waals surface area contributed by atoms with E-state index in [-0.39, 0.29) is 0 Å². The smallest absolute Gasteiger partial charge is 0.191 e. The molecular weight excluding hydrogens is 358 g/mol. The second kappa shape index (κ2) is 9.69. The summed E-state index contributed by atoms with van der Waals surface area (Å²) in [5.74, 6) is 1.53. The molecule has 0 bridgehead atoms. The van der Waals surface area contributed by atoms with Gasteiger partial charge in [0, 0.05) is 53.8 Å². The fraction of sp³-hybridized carbons (Fsp3) is 0.500. The lowest BCUT2D eigenvalue weighted by Crippen LogP contribution is -2.46. The van der Waals surface area contributed by atoms with Crippen molar-refractivity contribution >= 4 is 16.8 Å². The van der Waals surface area contributed by atoms with Gasteiger partial charge >= 0.3 is 0 Å². The van der Waals surface area contributed by atoms with E-state index in [1.54, 1.807) is 13.2 Å². The van der Waals surface area contributed by atoms with Crippen molar-refractivity contribution in [3.63, 3.8) is 0 Å². The summed E-state index contributed by atoms with van der Waals surface area (Å²) in [6.07, 6.45) is 7.97. The third-order valence-corrected chi connectivity index (χ3v) is 6.78. The normalized spacial score (nSPS) is 21.6. The van der Waals surface area contributed by atoms with Gasteiger partial charge in [-0.2, -0.15) is 5.10 Å². The number of nitrogens with one attached hydrogen (secondary N) is 2. The van der Waals surface area contributed by atoms with Crippen LogP contribution in [0.4, 0.5) is 0 Å². The zero-order chi connectivity index (χ0) is 19.1. The first kappa shape index (κ1) is 19.6. The van der Waals surface area contributed by atoms with Crippen LogP contribution in [0.2, 0.25) is 0 Å². The van der Waals surface area contributed by atoms with Crippen LogP contribution in [0.5, 0.6) is 0 Å². The van der Waals surface area contributed by atoms with E-state index in [0.717, 1.165) is 48.6 Å². The van der Waals surface area contributed by atoms with Crippen LogP contribution in [0, 0.1) is 0 Å². The van der Waals surface area contributed by atoms with Gasteiger partial charge in [-0.05, 0) is 37.0 Å². The summed E-state index contributed by atoms with van der Waals surface area (Å²) in [6, 6.07) is 10.5. The van der Waals surface area contributed by atoms with Crippen LogP contribution in [0.3, 0.4) is 0 Å². The molecule has 3 rings (SSSR count). The van der Waals surface area contributed by atoms with Crippen molar-refractivity contribution in [2.75, 3.05) is 12.8 Å². The van der Waals surface area contributed by atoms with Gasteiger partial charge in [-0.3, -0.25) is 9.20 Å². The fourth-order valence-electron chi connectivity index (χ4n) is 3.61. The molecule has 0 aliphatic heterocycles. The average Bonchev–Trinajstić information content (AvgIpc) is 3.25. The SMILES string of the molecule is CCS(=O)C1CCCC(NC(=NC)NCc2ccccc2-n2cccn2)C1. The predicted octanol–water partition coefficient (Wildman–Crippen LogP) is 2.62. The highest BCUT2D eigenvalue weighted by molar-refractivity contribution is 7.85. The fourth-order valence-corrected chi connectivity index (χ4v) is 4.96. The molecule has 1 aromatic carbocycles. The maximum absolute atomic E-state index is 12.2. The number of hydrogen-bond acceptors (Lipinski definition) is 3. The number of para-hydroxylation sites is 1. The van der Waals surface area contributed by atoms with Crippen molar-refractivity contribution in [3.05, 3.63) is 48.3 Å². The zero-order valence-corrected chi connectivity index (χ0v) is 16.9. The van der Waals surface area contributed by atoms with E-state index in [9.17, 15) is 4.21 Å². The van der Waals surface area contributed by atoms with Crippen LogP contribution >= 0.6 is 0 Å². The van der Waals surface area contributed by atoms with E-state index in [4.69, 9.17) is 0 Å². The third-order valence-electron chi connectivity index (χ3n) is 5.04. The van der Waals surface area contributed by atoms with Crippen LogP contribution in [0.15, 0.2) is 47.7 Å². The van der Waals surface area contributed by atoms with E-state index in [2.05, 4.69) is 32.9 Å². The molecule has 1 heterocycles. The lowest BCUT2D eigenvalue weighted by atomic mass is 9.95. The van der Waals surface area contributed by atoms with Gasteiger partial charge in [0.25, 0.3) is 0 Å². The summed E-state index contributed by atoms with van der Waals surface area (Å²) in [6.45, 7) is 2.66. The van der Waals surface area contributed by atoms with Crippen LogP contribution in [-0.4, -0.2) is 44.0 Å². The molecule has 1 fully saturated rings. The van der Waals surface area contributed by atoms with Crippen molar-refractivity contribution in [3.8, 4) is 5.69 Å². The van der Waals surface area contributed by atoms with Crippen LogP contribution < -0.4 is 10.6 Å². The molecule has 0 spiro atoms. The molecule has 7 heteroatoms. The summed E-state index contributed by atoms with van der Waals surface area (Å²) < 4.78 is 14.0. The lowest BCUT2D eigenvalue weighted by molar-refractivity contribution is 0.413. The summed E-state index contributed by atoms with van der Waals surface area (Å²) in [7, 11) is 1.08. The molecule has 0 amide bonds. The minimum absolute atomic E-state index is 0.305. The summed E-state index contributed by atoms with van der Waals surface area (Å²) in [5.41, 5.74) is 2.21. The topological polar surface area (TPSA) is 71.3 Å². The third kappa shape index (κ3) is 5.19. The molecule has 1 aliphatic rings. The maximum Gasteiger partial charge on any atom is 0.191 e.